The van der Waals surface area contributed by atoms with Crippen LogP contribution in [0, 0.1) is 11.8 Å². The third-order valence-corrected chi connectivity index (χ3v) is 5.68. The zero-order valence-electron chi connectivity index (χ0n) is 16.1. The van der Waals surface area contributed by atoms with Crippen LogP contribution in [-0.4, -0.2) is 65.5 Å². The third-order valence-electron chi connectivity index (χ3n) is 5.68. The predicted octanol–water partition coefficient (Wildman–Crippen LogP) is 2.02. The molecule has 0 unspecified atom stereocenters. The molecule has 152 valence electrons. The van der Waals surface area contributed by atoms with Crippen LogP contribution < -0.4 is 4.74 Å². The summed E-state index contributed by atoms with van der Waals surface area (Å²) in [4.78, 5) is 39.7. The number of carbonyl (C=O) groups excluding carboxylic acids is 2. The molecule has 0 spiro atoms. The molecule has 7 heteroatoms. The Morgan fingerprint density at radius 3 is 2.07 bits per heavy atom. The van der Waals surface area contributed by atoms with E-state index in [9.17, 15) is 14.4 Å². The minimum Gasteiger partial charge on any atom is -0.493 e. The molecule has 1 aromatic rings. The third kappa shape index (κ3) is 5.24. The van der Waals surface area contributed by atoms with Crippen molar-refractivity contribution in [2.45, 2.75) is 32.1 Å². The lowest BCUT2D eigenvalue weighted by atomic mass is 9.92. The topological polar surface area (TPSA) is 87.2 Å². The van der Waals surface area contributed by atoms with Crippen LogP contribution in [0.4, 0.5) is 0 Å². The van der Waals surface area contributed by atoms with Crippen LogP contribution in [0.3, 0.4) is 0 Å². The number of carboxylic acids is 1. The number of carboxylic acid groups (broad SMARTS) is 1. The Morgan fingerprint density at radius 1 is 0.893 bits per heavy atom. The van der Waals surface area contributed by atoms with E-state index in [-0.39, 0.29) is 23.7 Å². The summed E-state index contributed by atoms with van der Waals surface area (Å²) in [5.41, 5.74) is 0. The molecule has 0 radical (unpaired) electrons. The predicted molar refractivity (Wildman–Crippen MR) is 103 cm³/mol. The van der Waals surface area contributed by atoms with Crippen molar-refractivity contribution in [3.05, 3.63) is 30.3 Å². The summed E-state index contributed by atoms with van der Waals surface area (Å²) in [5.74, 6) is -0.235. The summed E-state index contributed by atoms with van der Waals surface area (Å²) in [6, 6.07) is 9.42. The van der Waals surface area contributed by atoms with Crippen LogP contribution >= 0.6 is 0 Å². The normalized spacial score (nSPS) is 18.7. The summed E-state index contributed by atoms with van der Waals surface area (Å²) >= 11 is 0. The van der Waals surface area contributed by atoms with Crippen molar-refractivity contribution in [2.75, 3.05) is 32.8 Å². The first kappa shape index (κ1) is 20.2. The van der Waals surface area contributed by atoms with Gasteiger partial charge in [0.1, 0.15) is 5.75 Å². The maximum absolute atomic E-state index is 12.7. The lowest BCUT2D eigenvalue weighted by Crippen LogP contribution is -2.47. The van der Waals surface area contributed by atoms with Crippen molar-refractivity contribution >= 4 is 17.8 Å². The van der Waals surface area contributed by atoms with E-state index in [1.807, 2.05) is 35.2 Å². The number of benzene rings is 1. The van der Waals surface area contributed by atoms with Crippen molar-refractivity contribution in [3.8, 4) is 5.75 Å². The van der Waals surface area contributed by atoms with E-state index in [0.717, 1.165) is 5.75 Å². The van der Waals surface area contributed by atoms with Crippen molar-refractivity contribution in [2.24, 2.45) is 11.8 Å². The molecular formula is C21H28N2O5. The summed E-state index contributed by atoms with van der Waals surface area (Å²) in [6.07, 6.45) is 2.72. The number of carbonyl (C=O) groups is 3. The monoisotopic (exact) mass is 388 g/mol. The van der Waals surface area contributed by atoms with Gasteiger partial charge in [-0.3, -0.25) is 14.4 Å². The molecule has 0 bridgehead atoms. The molecule has 3 rings (SSSR count). The minimum absolute atomic E-state index is 0.0594. The summed E-state index contributed by atoms with van der Waals surface area (Å²) in [5, 5.41) is 9.07. The Morgan fingerprint density at radius 2 is 1.46 bits per heavy atom. The summed E-state index contributed by atoms with van der Waals surface area (Å²) in [6.45, 7) is 2.57. The largest absolute Gasteiger partial charge is 0.493 e. The smallest absolute Gasteiger partial charge is 0.306 e. The molecule has 28 heavy (non-hydrogen) atoms. The number of hydrogen-bond donors (Lipinski definition) is 1. The molecule has 2 fully saturated rings. The van der Waals surface area contributed by atoms with Gasteiger partial charge in [0.25, 0.3) is 0 Å². The molecule has 2 heterocycles. The number of hydrogen-bond acceptors (Lipinski definition) is 4. The molecule has 1 N–H and O–H groups in total. The zero-order valence-corrected chi connectivity index (χ0v) is 16.1. The van der Waals surface area contributed by atoms with Crippen LogP contribution in [0.5, 0.6) is 5.75 Å². The van der Waals surface area contributed by atoms with Crippen molar-refractivity contribution < 1.29 is 24.2 Å². The quantitative estimate of drug-likeness (QED) is 0.806. The number of amides is 2. The van der Waals surface area contributed by atoms with E-state index in [2.05, 4.69) is 0 Å². The number of para-hydroxylation sites is 1. The Labute approximate surface area is 165 Å². The van der Waals surface area contributed by atoms with Crippen molar-refractivity contribution in [1.29, 1.82) is 0 Å². The van der Waals surface area contributed by atoms with Gasteiger partial charge in [-0.2, -0.15) is 0 Å². The molecule has 0 aliphatic carbocycles. The van der Waals surface area contributed by atoms with Gasteiger partial charge in [0.05, 0.1) is 18.9 Å². The highest BCUT2D eigenvalue weighted by Crippen LogP contribution is 2.24. The number of rotatable bonds is 6. The Bertz CT molecular complexity index is 677. The number of likely N-dealkylation sites (tertiary alicyclic amines) is 2. The summed E-state index contributed by atoms with van der Waals surface area (Å²) in [7, 11) is 0. The van der Waals surface area contributed by atoms with E-state index < -0.39 is 5.97 Å². The first-order chi connectivity index (χ1) is 13.5. The van der Waals surface area contributed by atoms with Gasteiger partial charge >= 0.3 is 5.97 Å². The van der Waals surface area contributed by atoms with Crippen LogP contribution in [0.15, 0.2) is 30.3 Å². The van der Waals surface area contributed by atoms with Gasteiger partial charge in [0, 0.05) is 32.1 Å². The van der Waals surface area contributed by atoms with Crippen molar-refractivity contribution in [3.63, 3.8) is 0 Å². The van der Waals surface area contributed by atoms with Gasteiger partial charge in [0.2, 0.25) is 11.8 Å². The standard InChI is InChI=1S/C21H28N2O5/c24-19(10-15-28-18-4-2-1-3-5-18)22-11-6-16(7-12-22)20(25)23-13-8-17(9-14-23)21(26)27/h1-5,16-17H,6-15H2,(H,26,27). The highest BCUT2D eigenvalue weighted by molar-refractivity contribution is 5.80. The Kier molecular flexibility index (Phi) is 6.90. The number of piperidine rings is 2. The fraction of sp³-hybridized carbons (Fsp3) is 0.571. The SMILES string of the molecule is O=C(O)C1CCN(C(=O)C2CCN(C(=O)CCOc3ccccc3)CC2)CC1. The van der Waals surface area contributed by atoms with Crippen molar-refractivity contribution in [1.82, 2.24) is 9.80 Å². The fourth-order valence-corrected chi connectivity index (χ4v) is 3.91. The van der Waals surface area contributed by atoms with Crippen LogP contribution in [0.25, 0.3) is 0 Å². The average Bonchev–Trinajstić information content (AvgIpc) is 2.74. The molecule has 2 amide bonds. The minimum atomic E-state index is -0.768. The molecule has 2 saturated heterocycles. The Balaban J connectivity index is 1.37. The lowest BCUT2D eigenvalue weighted by molar-refractivity contribution is -0.147. The fourth-order valence-electron chi connectivity index (χ4n) is 3.91. The molecule has 0 atom stereocenters. The van der Waals surface area contributed by atoms with E-state index in [0.29, 0.717) is 64.9 Å². The van der Waals surface area contributed by atoms with Crippen LogP contribution in [-0.2, 0) is 14.4 Å². The molecule has 2 aliphatic rings. The Hall–Kier alpha value is -2.57. The highest BCUT2D eigenvalue weighted by atomic mass is 16.5. The van der Waals surface area contributed by atoms with E-state index >= 15 is 0 Å². The number of ether oxygens (including phenoxy) is 1. The number of nitrogens with zero attached hydrogens (tertiary/aromatic N) is 2. The second-order valence-electron chi connectivity index (χ2n) is 7.50. The van der Waals surface area contributed by atoms with Gasteiger partial charge in [-0.25, -0.2) is 0 Å². The molecular weight excluding hydrogens is 360 g/mol. The van der Waals surface area contributed by atoms with Crippen LogP contribution in [0.1, 0.15) is 32.1 Å². The van der Waals surface area contributed by atoms with Gasteiger partial charge < -0.3 is 19.6 Å². The molecule has 0 aromatic heterocycles. The lowest BCUT2D eigenvalue weighted by Gasteiger charge is -2.36. The van der Waals surface area contributed by atoms with E-state index in [4.69, 9.17) is 9.84 Å². The number of aliphatic carboxylic acids is 1. The zero-order chi connectivity index (χ0) is 19.9. The highest BCUT2D eigenvalue weighted by Gasteiger charge is 2.33. The van der Waals surface area contributed by atoms with Crippen LogP contribution in [0.2, 0.25) is 0 Å². The molecule has 2 aliphatic heterocycles. The molecule has 1 aromatic carbocycles. The van der Waals surface area contributed by atoms with Gasteiger partial charge in [-0.05, 0) is 37.8 Å². The molecule has 7 nitrogen and oxygen atoms in total. The maximum atomic E-state index is 12.7. The average molecular weight is 388 g/mol. The first-order valence-corrected chi connectivity index (χ1v) is 10.0. The molecule has 0 saturated carbocycles. The van der Waals surface area contributed by atoms with Gasteiger partial charge in [0.15, 0.2) is 0 Å². The first-order valence-electron chi connectivity index (χ1n) is 10.0. The van der Waals surface area contributed by atoms with E-state index in [1.54, 1.807) is 4.90 Å². The summed E-state index contributed by atoms with van der Waals surface area (Å²) < 4.78 is 5.58. The second-order valence-corrected chi connectivity index (χ2v) is 7.50. The van der Waals surface area contributed by atoms with E-state index in [1.165, 1.54) is 0 Å². The van der Waals surface area contributed by atoms with Gasteiger partial charge in [-0.1, -0.05) is 18.2 Å². The second kappa shape index (κ2) is 9.57. The maximum Gasteiger partial charge on any atom is 0.306 e. The van der Waals surface area contributed by atoms with Gasteiger partial charge in [-0.15, -0.1) is 0 Å².